The summed E-state index contributed by atoms with van der Waals surface area (Å²) in [4.78, 5) is 13.9. The van der Waals surface area contributed by atoms with E-state index in [4.69, 9.17) is 18.4 Å². The minimum absolute atomic E-state index is 0.00188. The molecule has 1 aromatic carbocycles. The number of aliphatic hydroxyl groups is 3. The summed E-state index contributed by atoms with van der Waals surface area (Å²) in [5.74, 6) is -1.39. The number of phenols is 1. The summed E-state index contributed by atoms with van der Waals surface area (Å²) in [7, 11) is 2.05. The summed E-state index contributed by atoms with van der Waals surface area (Å²) in [5, 5.41) is 45.1. The zero-order chi connectivity index (χ0) is 25.8. The van der Waals surface area contributed by atoms with E-state index in [2.05, 4.69) is 17.1 Å². The standard InChI is InChI=1S/C23H27NO9/c1-24-7-6-23-10-3-5-13(31-22-17(28)15(26)16(27)19(33-22)21(29)30)20(23)32-18-12(25)4-2-9(14(18)23)8-11(10)24/h2-5,10-11,13,15-17,19-20,22,25-28H,6-8H2,1H3,(H,29,30)/t10-,11+,13+,15-,16-,17+,19-,20-,22?,23-/m0/s1/i17D,22D,28D. The monoisotopic (exact) mass is 464 g/mol. The van der Waals surface area contributed by atoms with Gasteiger partial charge in [-0.25, -0.2) is 4.79 Å². The molecular formula is C23H27NO9. The molecule has 2 bridgehead atoms. The molecule has 5 aliphatic rings. The van der Waals surface area contributed by atoms with Gasteiger partial charge in [-0.15, -0.1) is 0 Å². The van der Waals surface area contributed by atoms with Gasteiger partial charge < -0.3 is 44.6 Å². The smallest absolute Gasteiger partial charge is 0.335 e. The molecule has 2 saturated heterocycles. The Balaban J connectivity index is 1.44. The van der Waals surface area contributed by atoms with Crippen LogP contribution in [0, 0.1) is 5.92 Å². The predicted molar refractivity (Wildman–Crippen MR) is 111 cm³/mol. The van der Waals surface area contributed by atoms with Crippen LogP contribution in [-0.4, -0.2) is 100 Å². The van der Waals surface area contributed by atoms with E-state index in [1.807, 2.05) is 12.1 Å². The summed E-state index contributed by atoms with van der Waals surface area (Å²) >= 11 is 0. The maximum atomic E-state index is 11.7. The number of rotatable bonds is 4. The number of hydrogen-bond acceptors (Lipinski definition) is 9. The molecule has 1 aromatic rings. The number of aliphatic carboxylic acids is 1. The van der Waals surface area contributed by atoms with Gasteiger partial charge in [-0.05, 0) is 38.1 Å². The molecule has 0 radical (unpaired) electrons. The lowest BCUT2D eigenvalue weighted by atomic mass is 9.53. The molecule has 0 amide bonds. The molecule has 178 valence electrons. The SMILES string of the molecule is [2H]O[C@]1([2H])[C@@H](O)[C@H](O)[C@@H](C(=O)O)OC1([2H])O[C@@H]1C=C[C@H]2[C@H]3Cc4ccc(O)c5c4[C@@]2(CCN3C)[C@H]1O5. The number of aromatic hydroxyl groups is 1. The van der Waals surface area contributed by atoms with Crippen LogP contribution >= 0.6 is 0 Å². The van der Waals surface area contributed by atoms with Crippen LogP contribution < -0.4 is 4.74 Å². The zero-order valence-corrected chi connectivity index (χ0v) is 17.7. The normalized spacial score (nSPS) is 51.1. The number of likely N-dealkylation sites (tertiary alicyclic amines) is 1. The van der Waals surface area contributed by atoms with Crippen LogP contribution in [0.1, 0.15) is 20.3 Å². The van der Waals surface area contributed by atoms with E-state index in [1.54, 1.807) is 12.1 Å². The van der Waals surface area contributed by atoms with Crippen molar-refractivity contribution in [3.63, 3.8) is 0 Å². The molecule has 2 fully saturated rings. The molecule has 2 aliphatic carbocycles. The summed E-state index contributed by atoms with van der Waals surface area (Å²) in [6, 6.07) is 3.61. The van der Waals surface area contributed by atoms with Crippen LogP contribution in [0.2, 0.25) is 0 Å². The number of piperidine rings is 1. The molecule has 1 spiro atoms. The van der Waals surface area contributed by atoms with E-state index >= 15 is 0 Å². The van der Waals surface area contributed by atoms with E-state index in [9.17, 15) is 25.2 Å². The van der Waals surface area contributed by atoms with Gasteiger partial charge in [-0.1, -0.05) is 18.2 Å². The number of benzene rings is 1. The second-order valence-corrected chi connectivity index (χ2v) is 9.49. The Morgan fingerprint density at radius 2 is 2.15 bits per heavy atom. The van der Waals surface area contributed by atoms with Crippen LogP contribution in [0.4, 0.5) is 0 Å². The molecule has 3 aliphatic heterocycles. The lowest BCUT2D eigenvalue weighted by Crippen LogP contribution is -2.66. The highest BCUT2D eigenvalue weighted by Crippen LogP contribution is 2.62. The van der Waals surface area contributed by atoms with Gasteiger partial charge in [-0.2, -0.15) is 0 Å². The quantitative estimate of drug-likeness (QED) is 0.356. The third-order valence-corrected chi connectivity index (χ3v) is 7.95. The fourth-order valence-corrected chi connectivity index (χ4v) is 6.41. The summed E-state index contributed by atoms with van der Waals surface area (Å²) in [6.07, 6.45) is -9.47. The topological polar surface area (TPSA) is 149 Å². The van der Waals surface area contributed by atoms with Crippen molar-refractivity contribution in [2.24, 2.45) is 5.92 Å². The first-order valence-corrected chi connectivity index (χ1v) is 11.0. The molecule has 10 heteroatoms. The first kappa shape index (κ1) is 18.2. The van der Waals surface area contributed by atoms with Crippen LogP contribution in [0.15, 0.2) is 24.3 Å². The second-order valence-electron chi connectivity index (χ2n) is 9.49. The first-order chi connectivity index (χ1) is 17.0. The summed E-state index contributed by atoms with van der Waals surface area (Å²) in [6.45, 7) is 0.739. The largest absolute Gasteiger partial charge is 0.504 e. The molecule has 10 nitrogen and oxygen atoms in total. The number of aliphatic hydroxyl groups excluding tert-OH is 2. The number of carboxylic acids is 1. The van der Waals surface area contributed by atoms with Crippen LogP contribution in [0.5, 0.6) is 11.5 Å². The van der Waals surface area contributed by atoms with Gasteiger partial charge in [-0.3, -0.25) is 0 Å². The minimum Gasteiger partial charge on any atom is -0.504 e. The number of likely N-dealkylation sites (N-methyl/N-ethyl adjacent to an activating group) is 1. The number of carbonyl (C=O) groups is 1. The first-order valence-electron chi connectivity index (χ1n) is 12.4. The van der Waals surface area contributed by atoms with Crippen molar-refractivity contribution in [3.8, 4) is 11.5 Å². The second kappa shape index (κ2) is 7.14. The molecule has 0 aromatic heterocycles. The Morgan fingerprint density at radius 1 is 1.33 bits per heavy atom. The number of nitrogens with zero attached hydrogens (tertiary/aromatic N) is 1. The Morgan fingerprint density at radius 3 is 2.91 bits per heavy atom. The van der Waals surface area contributed by atoms with Gasteiger partial charge in [0.25, 0.3) is 0 Å². The molecule has 6 rings (SSSR count). The number of ether oxygens (including phenoxy) is 3. The highest BCUT2D eigenvalue weighted by molar-refractivity contribution is 5.73. The van der Waals surface area contributed by atoms with Gasteiger partial charge in [0.2, 0.25) is 1.43 Å². The van der Waals surface area contributed by atoms with Crippen LogP contribution in [0.3, 0.4) is 0 Å². The Hall–Kier alpha value is -2.21. The maximum Gasteiger partial charge on any atom is 0.335 e. The van der Waals surface area contributed by atoms with E-state index in [1.165, 1.54) is 0 Å². The lowest BCUT2D eigenvalue weighted by Gasteiger charge is -2.57. The summed E-state index contributed by atoms with van der Waals surface area (Å²) in [5.41, 5.74) is 1.30. The van der Waals surface area contributed by atoms with Gasteiger partial charge >= 0.3 is 5.97 Å². The average molecular weight is 464 g/mol. The summed E-state index contributed by atoms with van der Waals surface area (Å²) < 4.78 is 42.0. The van der Waals surface area contributed by atoms with Crippen LogP contribution in [-0.2, 0) is 26.1 Å². The Labute approximate surface area is 193 Å². The van der Waals surface area contributed by atoms with Crippen molar-refractivity contribution < 1.29 is 47.3 Å². The third-order valence-electron chi connectivity index (χ3n) is 7.95. The molecule has 10 atom stereocenters. The predicted octanol–water partition coefficient (Wildman–Crippen LogP) is -0.885. The van der Waals surface area contributed by atoms with Gasteiger partial charge in [0, 0.05) is 22.9 Å². The van der Waals surface area contributed by atoms with Gasteiger partial charge in [0.15, 0.2) is 23.9 Å². The van der Waals surface area contributed by atoms with Crippen molar-refractivity contribution in [2.75, 3.05) is 13.6 Å². The number of hydrogen-bond donors (Lipinski definition) is 5. The van der Waals surface area contributed by atoms with E-state index in [0.29, 0.717) is 12.2 Å². The van der Waals surface area contributed by atoms with Crippen molar-refractivity contribution in [1.29, 1.82) is 1.43 Å². The van der Waals surface area contributed by atoms with E-state index < -0.39 is 54.3 Å². The zero-order valence-electron chi connectivity index (χ0n) is 20.7. The van der Waals surface area contributed by atoms with Crippen LogP contribution in [0.25, 0.3) is 0 Å². The average Bonchev–Trinajstić information content (AvgIpc) is 3.20. The van der Waals surface area contributed by atoms with E-state index in [0.717, 1.165) is 24.1 Å². The van der Waals surface area contributed by atoms with E-state index in [-0.39, 0.29) is 17.7 Å². The number of phenolic OH excluding ortho intramolecular Hbond substituents is 1. The fourth-order valence-electron chi connectivity index (χ4n) is 6.41. The molecule has 1 unspecified atom stereocenters. The fraction of sp³-hybridized carbons (Fsp3) is 0.609. The highest BCUT2D eigenvalue weighted by Gasteiger charge is 2.65. The van der Waals surface area contributed by atoms with Crippen molar-refractivity contribution in [2.45, 2.75) is 67.2 Å². The highest BCUT2D eigenvalue weighted by atomic mass is 16.7. The minimum atomic E-state index is -3.03. The van der Waals surface area contributed by atoms with Crippen molar-refractivity contribution in [3.05, 3.63) is 35.4 Å². The molecule has 0 saturated carbocycles. The van der Waals surface area contributed by atoms with Gasteiger partial charge in [0.05, 0.1) is 2.74 Å². The Kier molecular flexibility index (Phi) is 3.93. The van der Waals surface area contributed by atoms with Gasteiger partial charge in [0.1, 0.15) is 30.5 Å². The lowest BCUT2D eigenvalue weighted by molar-refractivity contribution is -0.307. The van der Waals surface area contributed by atoms with Crippen molar-refractivity contribution >= 4 is 5.97 Å². The molecule has 3 heterocycles. The molecule has 5 N–H and O–H groups in total. The Bertz CT molecular complexity index is 1150. The third kappa shape index (κ3) is 2.73. The molecular weight excluding hydrogens is 434 g/mol. The number of carboxylic acid groups (broad SMARTS) is 1. The van der Waals surface area contributed by atoms with Crippen molar-refractivity contribution in [1.82, 2.24) is 4.90 Å². The maximum absolute atomic E-state index is 11.7. The molecule has 33 heavy (non-hydrogen) atoms.